The Hall–Kier alpha value is -1.30. The van der Waals surface area contributed by atoms with Crippen LogP contribution in [-0.2, 0) is 4.79 Å². The fraction of sp³-hybridized carbons (Fsp3) is 0.818. The van der Waals surface area contributed by atoms with Gasteiger partial charge < -0.3 is 20.4 Å². The minimum atomic E-state index is -1.41. The van der Waals surface area contributed by atoms with Gasteiger partial charge in [0.1, 0.15) is 0 Å². The second kappa shape index (κ2) is 6.44. The van der Waals surface area contributed by atoms with Crippen molar-refractivity contribution in [2.75, 3.05) is 13.1 Å². The van der Waals surface area contributed by atoms with Crippen molar-refractivity contribution in [3.05, 3.63) is 0 Å². The van der Waals surface area contributed by atoms with Crippen LogP contribution >= 0.6 is 0 Å². The van der Waals surface area contributed by atoms with Gasteiger partial charge in [0.05, 0.1) is 0 Å². The van der Waals surface area contributed by atoms with Crippen LogP contribution < -0.4 is 5.32 Å². The maximum Gasteiger partial charge on any atom is 0.332 e. The first-order valence-corrected chi connectivity index (χ1v) is 6.01. The Morgan fingerprint density at radius 1 is 1.53 bits per heavy atom. The summed E-state index contributed by atoms with van der Waals surface area (Å²) in [5.41, 5.74) is 0. The van der Waals surface area contributed by atoms with Gasteiger partial charge in [-0.05, 0) is 19.3 Å². The van der Waals surface area contributed by atoms with Crippen LogP contribution in [0.5, 0.6) is 0 Å². The van der Waals surface area contributed by atoms with E-state index in [2.05, 4.69) is 5.32 Å². The highest BCUT2D eigenvalue weighted by molar-refractivity contribution is 5.75. The number of likely N-dealkylation sites (tertiary alicyclic amines) is 1. The lowest BCUT2D eigenvalue weighted by molar-refractivity contribution is -0.146. The standard InChI is InChI=1S/C11H20N2O4/c1-2-8-4-3-7-13(8)11(17)12-6-5-9(14)10(15)16/h8-9,14H,2-7H2,1H3,(H,12,17)(H,15,16). The van der Waals surface area contributed by atoms with Gasteiger partial charge in [-0.2, -0.15) is 0 Å². The molecule has 1 saturated heterocycles. The Bertz CT molecular complexity index is 283. The summed E-state index contributed by atoms with van der Waals surface area (Å²) in [6.45, 7) is 2.98. The van der Waals surface area contributed by atoms with Gasteiger partial charge in [0.25, 0.3) is 0 Å². The molecule has 2 atom stereocenters. The molecule has 1 aliphatic rings. The van der Waals surface area contributed by atoms with Crippen molar-refractivity contribution in [3.63, 3.8) is 0 Å². The molecule has 2 unspecified atom stereocenters. The molecule has 0 aromatic heterocycles. The number of hydrogen-bond acceptors (Lipinski definition) is 3. The summed E-state index contributed by atoms with van der Waals surface area (Å²) in [5.74, 6) is -1.26. The van der Waals surface area contributed by atoms with Gasteiger partial charge in [-0.25, -0.2) is 9.59 Å². The van der Waals surface area contributed by atoms with Gasteiger partial charge in [-0.15, -0.1) is 0 Å². The van der Waals surface area contributed by atoms with Crippen LogP contribution in [0.4, 0.5) is 4.79 Å². The Balaban J connectivity index is 2.27. The van der Waals surface area contributed by atoms with Gasteiger partial charge in [0.15, 0.2) is 6.10 Å². The number of rotatable bonds is 5. The van der Waals surface area contributed by atoms with Gasteiger partial charge in [0.2, 0.25) is 0 Å². The zero-order chi connectivity index (χ0) is 12.8. The number of aliphatic hydroxyl groups excluding tert-OH is 1. The summed E-state index contributed by atoms with van der Waals surface area (Å²) < 4.78 is 0. The van der Waals surface area contributed by atoms with E-state index in [1.807, 2.05) is 6.92 Å². The van der Waals surface area contributed by atoms with E-state index in [1.165, 1.54) is 0 Å². The van der Waals surface area contributed by atoms with Crippen molar-refractivity contribution >= 4 is 12.0 Å². The average molecular weight is 244 g/mol. The molecule has 0 saturated carbocycles. The fourth-order valence-corrected chi connectivity index (χ4v) is 2.07. The molecule has 1 fully saturated rings. The highest BCUT2D eigenvalue weighted by Crippen LogP contribution is 2.19. The molecule has 1 rings (SSSR count). The number of urea groups is 1. The van der Waals surface area contributed by atoms with Crippen molar-refractivity contribution in [1.29, 1.82) is 0 Å². The first-order chi connectivity index (χ1) is 8.06. The van der Waals surface area contributed by atoms with Crippen LogP contribution in [0, 0.1) is 0 Å². The van der Waals surface area contributed by atoms with E-state index in [0.717, 1.165) is 25.8 Å². The Kier molecular flexibility index (Phi) is 5.21. The first kappa shape index (κ1) is 13.8. The Morgan fingerprint density at radius 2 is 2.24 bits per heavy atom. The lowest BCUT2D eigenvalue weighted by Gasteiger charge is -2.24. The zero-order valence-electron chi connectivity index (χ0n) is 10.1. The highest BCUT2D eigenvalue weighted by Gasteiger charge is 2.27. The van der Waals surface area contributed by atoms with E-state index in [4.69, 9.17) is 10.2 Å². The SMILES string of the molecule is CCC1CCCN1C(=O)NCCC(O)C(=O)O. The van der Waals surface area contributed by atoms with Gasteiger partial charge in [-0.3, -0.25) is 0 Å². The molecule has 6 heteroatoms. The number of nitrogens with zero attached hydrogens (tertiary/aromatic N) is 1. The van der Waals surface area contributed by atoms with E-state index in [0.29, 0.717) is 6.04 Å². The second-order valence-corrected chi connectivity index (χ2v) is 4.27. The summed E-state index contributed by atoms with van der Waals surface area (Å²) in [7, 11) is 0. The molecule has 0 bridgehead atoms. The van der Waals surface area contributed by atoms with E-state index in [1.54, 1.807) is 4.90 Å². The number of hydrogen-bond donors (Lipinski definition) is 3. The molecular weight excluding hydrogens is 224 g/mol. The molecule has 17 heavy (non-hydrogen) atoms. The number of carboxylic acids is 1. The third-order valence-corrected chi connectivity index (χ3v) is 3.09. The van der Waals surface area contributed by atoms with Crippen LogP contribution in [-0.4, -0.2) is 52.3 Å². The monoisotopic (exact) mass is 244 g/mol. The summed E-state index contributed by atoms with van der Waals surface area (Å²) in [4.78, 5) is 23.9. The highest BCUT2D eigenvalue weighted by atomic mass is 16.4. The summed E-state index contributed by atoms with van der Waals surface area (Å²) in [6.07, 6.45) is 1.61. The van der Waals surface area contributed by atoms with E-state index >= 15 is 0 Å². The number of carboxylic acid groups (broad SMARTS) is 1. The number of aliphatic hydroxyl groups is 1. The largest absolute Gasteiger partial charge is 0.479 e. The van der Waals surface area contributed by atoms with Gasteiger partial charge in [-0.1, -0.05) is 6.92 Å². The molecule has 3 N–H and O–H groups in total. The number of carbonyl (C=O) groups excluding carboxylic acids is 1. The fourth-order valence-electron chi connectivity index (χ4n) is 2.07. The smallest absolute Gasteiger partial charge is 0.332 e. The molecule has 0 aliphatic carbocycles. The van der Waals surface area contributed by atoms with Crippen molar-refractivity contribution in [3.8, 4) is 0 Å². The maximum atomic E-state index is 11.8. The molecule has 1 heterocycles. The maximum absolute atomic E-state index is 11.8. The summed E-state index contributed by atoms with van der Waals surface area (Å²) >= 11 is 0. The normalized spacial score (nSPS) is 21.3. The van der Waals surface area contributed by atoms with E-state index in [9.17, 15) is 9.59 Å². The molecule has 0 spiro atoms. The predicted molar refractivity (Wildman–Crippen MR) is 61.7 cm³/mol. The number of nitrogens with one attached hydrogen (secondary N) is 1. The summed E-state index contributed by atoms with van der Waals surface area (Å²) in [5, 5.41) is 20.1. The van der Waals surface area contributed by atoms with E-state index < -0.39 is 12.1 Å². The first-order valence-electron chi connectivity index (χ1n) is 6.01. The minimum absolute atomic E-state index is 0.0334. The number of amides is 2. The topological polar surface area (TPSA) is 89.9 Å². The quantitative estimate of drug-likeness (QED) is 0.653. The van der Waals surface area contributed by atoms with Crippen LogP contribution in [0.2, 0.25) is 0 Å². The Morgan fingerprint density at radius 3 is 2.82 bits per heavy atom. The predicted octanol–water partition coefficient (Wildman–Crippen LogP) is 0.406. The molecule has 98 valence electrons. The van der Waals surface area contributed by atoms with Crippen LogP contribution in [0.1, 0.15) is 32.6 Å². The van der Waals surface area contributed by atoms with Crippen molar-refractivity contribution in [2.45, 2.75) is 44.8 Å². The van der Waals surface area contributed by atoms with Crippen LogP contribution in [0.15, 0.2) is 0 Å². The van der Waals surface area contributed by atoms with Crippen molar-refractivity contribution in [1.82, 2.24) is 10.2 Å². The zero-order valence-corrected chi connectivity index (χ0v) is 10.1. The van der Waals surface area contributed by atoms with Crippen LogP contribution in [0.25, 0.3) is 0 Å². The number of carbonyl (C=O) groups is 2. The molecule has 2 amide bonds. The Labute approximate surface area is 101 Å². The summed E-state index contributed by atoms with van der Waals surface area (Å²) in [6, 6.07) is 0.131. The third kappa shape index (κ3) is 3.89. The molecular formula is C11H20N2O4. The van der Waals surface area contributed by atoms with Gasteiger partial charge in [0, 0.05) is 25.6 Å². The third-order valence-electron chi connectivity index (χ3n) is 3.09. The average Bonchev–Trinajstić information content (AvgIpc) is 2.76. The van der Waals surface area contributed by atoms with Crippen molar-refractivity contribution < 1.29 is 19.8 Å². The lowest BCUT2D eigenvalue weighted by atomic mass is 10.2. The van der Waals surface area contributed by atoms with E-state index in [-0.39, 0.29) is 19.0 Å². The molecule has 0 radical (unpaired) electrons. The molecule has 1 aliphatic heterocycles. The van der Waals surface area contributed by atoms with Crippen molar-refractivity contribution in [2.24, 2.45) is 0 Å². The van der Waals surface area contributed by atoms with Gasteiger partial charge >= 0.3 is 12.0 Å². The van der Waals surface area contributed by atoms with Crippen LogP contribution in [0.3, 0.4) is 0 Å². The minimum Gasteiger partial charge on any atom is -0.479 e. The molecule has 0 aromatic carbocycles. The lowest BCUT2D eigenvalue weighted by Crippen LogP contribution is -2.43. The number of aliphatic carboxylic acids is 1. The molecule has 6 nitrogen and oxygen atoms in total. The second-order valence-electron chi connectivity index (χ2n) is 4.27. The molecule has 0 aromatic rings.